The fourth-order valence-corrected chi connectivity index (χ4v) is 4.19. The molecule has 4 rings (SSSR count). The minimum atomic E-state index is 0.260. The number of imidazole rings is 1. The first-order chi connectivity index (χ1) is 12.7. The molecular formula is C17H18BrN5O2S. The first-order valence-corrected chi connectivity index (χ1v) is 10.1. The van der Waals surface area contributed by atoms with Crippen LogP contribution in [0, 0.1) is 0 Å². The van der Waals surface area contributed by atoms with E-state index in [9.17, 15) is 0 Å². The van der Waals surface area contributed by atoms with Crippen LogP contribution in [-0.4, -0.2) is 45.7 Å². The Balaban J connectivity index is 1.77. The van der Waals surface area contributed by atoms with Gasteiger partial charge in [0.2, 0.25) is 6.79 Å². The molecule has 26 heavy (non-hydrogen) atoms. The van der Waals surface area contributed by atoms with Crippen LogP contribution < -0.4 is 14.4 Å². The SMILES string of the molecule is CN(C)c1cc2c(cc1Sc1nc3cncnc3n1CCCBr)OCO2. The highest BCUT2D eigenvalue weighted by Crippen LogP contribution is 2.44. The summed E-state index contributed by atoms with van der Waals surface area (Å²) in [4.78, 5) is 16.4. The molecule has 0 fully saturated rings. The molecule has 7 nitrogen and oxygen atoms in total. The number of nitrogens with zero attached hydrogens (tertiary/aromatic N) is 5. The average Bonchev–Trinajstić information content (AvgIpc) is 3.22. The third-order valence-electron chi connectivity index (χ3n) is 4.03. The van der Waals surface area contributed by atoms with Gasteiger partial charge in [0.15, 0.2) is 22.3 Å². The van der Waals surface area contributed by atoms with Crippen molar-refractivity contribution in [3.63, 3.8) is 0 Å². The quantitative estimate of drug-likeness (QED) is 0.548. The summed E-state index contributed by atoms with van der Waals surface area (Å²) in [6.07, 6.45) is 4.31. The lowest BCUT2D eigenvalue weighted by Crippen LogP contribution is -2.10. The number of hydrogen-bond acceptors (Lipinski definition) is 7. The second-order valence-electron chi connectivity index (χ2n) is 5.99. The zero-order valence-corrected chi connectivity index (χ0v) is 16.9. The summed E-state index contributed by atoms with van der Waals surface area (Å²) in [6.45, 7) is 1.10. The van der Waals surface area contributed by atoms with Crippen molar-refractivity contribution in [1.29, 1.82) is 0 Å². The fraction of sp³-hybridized carbons (Fsp3) is 0.353. The van der Waals surface area contributed by atoms with Crippen LogP contribution in [0.1, 0.15) is 6.42 Å². The molecule has 1 aliphatic heterocycles. The zero-order valence-electron chi connectivity index (χ0n) is 14.5. The van der Waals surface area contributed by atoms with E-state index in [-0.39, 0.29) is 6.79 Å². The summed E-state index contributed by atoms with van der Waals surface area (Å²) in [5.74, 6) is 1.54. The number of fused-ring (bicyclic) bond motifs is 2. The van der Waals surface area contributed by atoms with E-state index >= 15 is 0 Å². The van der Waals surface area contributed by atoms with Crippen LogP contribution in [0.3, 0.4) is 0 Å². The molecule has 0 unspecified atom stereocenters. The van der Waals surface area contributed by atoms with Crippen molar-refractivity contribution >= 4 is 44.5 Å². The van der Waals surface area contributed by atoms with Crippen molar-refractivity contribution in [1.82, 2.24) is 19.5 Å². The Morgan fingerprint density at radius 1 is 1.27 bits per heavy atom. The van der Waals surface area contributed by atoms with Gasteiger partial charge in [-0.15, -0.1) is 0 Å². The largest absolute Gasteiger partial charge is 0.454 e. The van der Waals surface area contributed by atoms with Gasteiger partial charge in [0.25, 0.3) is 0 Å². The first-order valence-electron chi connectivity index (χ1n) is 8.18. The smallest absolute Gasteiger partial charge is 0.231 e. The van der Waals surface area contributed by atoms with Crippen LogP contribution in [0.4, 0.5) is 5.69 Å². The summed E-state index contributed by atoms with van der Waals surface area (Å²) >= 11 is 5.11. The van der Waals surface area contributed by atoms with Crippen molar-refractivity contribution < 1.29 is 9.47 Å². The first kappa shape index (κ1) is 17.4. The monoisotopic (exact) mass is 435 g/mol. The van der Waals surface area contributed by atoms with E-state index in [0.717, 1.165) is 56.7 Å². The Hall–Kier alpha value is -2.00. The van der Waals surface area contributed by atoms with Crippen molar-refractivity contribution in [3.05, 3.63) is 24.7 Å². The van der Waals surface area contributed by atoms with Crippen LogP contribution in [0.2, 0.25) is 0 Å². The van der Waals surface area contributed by atoms with Gasteiger partial charge in [-0.1, -0.05) is 15.9 Å². The average molecular weight is 436 g/mol. The molecule has 2 aromatic heterocycles. The zero-order chi connectivity index (χ0) is 18.1. The highest BCUT2D eigenvalue weighted by molar-refractivity contribution is 9.09. The van der Waals surface area contributed by atoms with Crippen molar-refractivity contribution in [3.8, 4) is 11.5 Å². The van der Waals surface area contributed by atoms with E-state index in [1.54, 1.807) is 24.3 Å². The summed E-state index contributed by atoms with van der Waals surface area (Å²) in [6, 6.07) is 4.03. The fourth-order valence-electron chi connectivity index (χ4n) is 2.80. The van der Waals surface area contributed by atoms with Crippen molar-refractivity contribution in [2.24, 2.45) is 0 Å². The van der Waals surface area contributed by atoms with Crippen LogP contribution in [0.5, 0.6) is 11.5 Å². The van der Waals surface area contributed by atoms with E-state index in [1.807, 2.05) is 26.2 Å². The Labute approximate surface area is 163 Å². The Morgan fingerprint density at radius 2 is 2.08 bits per heavy atom. The minimum Gasteiger partial charge on any atom is -0.454 e. The van der Waals surface area contributed by atoms with Gasteiger partial charge in [-0.25, -0.2) is 15.0 Å². The van der Waals surface area contributed by atoms with Gasteiger partial charge in [0, 0.05) is 43.0 Å². The molecule has 1 aliphatic rings. The van der Waals surface area contributed by atoms with Gasteiger partial charge in [-0.05, 0) is 18.2 Å². The highest BCUT2D eigenvalue weighted by atomic mass is 79.9. The molecule has 1 aromatic carbocycles. The Morgan fingerprint density at radius 3 is 2.85 bits per heavy atom. The molecule has 0 radical (unpaired) electrons. The third kappa shape index (κ3) is 3.21. The van der Waals surface area contributed by atoms with E-state index < -0.39 is 0 Å². The number of halogens is 1. The number of aryl methyl sites for hydroxylation is 1. The number of aromatic nitrogens is 4. The lowest BCUT2D eigenvalue weighted by Gasteiger charge is -2.18. The van der Waals surface area contributed by atoms with Gasteiger partial charge in [0.05, 0.1) is 11.9 Å². The second-order valence-corrected chi connectivity index (χ2v) is 7.79. The molecule has 0 aliphatic carbocycles. The molecule has 3 aromatic rings. The van der Waals surface area contributed by atoms with E-state index in [1.165, 1.54) is 0 Å². The molecule has 0 spiro atoms. The normalized spacial score (nSPS) is 12.7. The maximum atomic E-state index is 5.56. The predicted octanol–water partition coefficient (Wildman–Crippen LogP) is 3.56. The summed E-state index contributed by atoms with van der Waals surface area (Å²) in [5.41, 5.74) is 2.72. The molecule has 0 atom stereocenters. The molecule has 9 heteroatoms. The molecule has 3 heterocycles. The number of ether oxygens (including phenoxy) is 2. The molecule has 0 saturated carbocycles. The number of alkyl halides is 1. The highest BCUT2D eigenvalue weighted by Gasteiger charge is 2.21. The number of benzene rings is 1. The van der Waals surface area contributed by atoms with Crippen molar-refractivity contribution in [2.75, 3.05) is 31.1 Å². The van der Waals surface area contributed by atoms with Gasteiger partial charge in [-0.2, -0.15) is 0 Å². The van der Waals surface area contributed by atoms with E-state index in [2.05, 4.69) is 35.4 Å². The standard InChI is InChI=1S/C17H18BrN5O2S/c1-22(2)12-6-13-14(25-10-24-13)7-15(12)26-17-21-11-8-19-9-20-16(11)23(17)5-3-4-18/h6-9H,3-5,10H2,1-2H3. The molecular weight excluding hydrogens is 418 g/mol. The lowest BCUT2D eigenvalue weighted by molar-refractivity contribution is 0.174. The Kier molecular flexibility index (Phi) is 4.90. The third-order valence-corrected chi connectivity index (χ3v) is 5.63. The van der Waals surface area contributed by atoms with Gasteiger partial charge >= 0.3 is 0 Å². The minimum absolute atomic E-state index is 0.260. The molecule has 0 bridgehead atoms. The van der Waals surface area contributed by atoms with E-state index in [0.29, 0.717) is 0 Å². The van der Waals surface area contributed by atoms with Crippen LogP contribution >= 0.6 is 27.7 Å². The van der Waals surface area contributed by atoms with Gasteiger partial charge in [0.1, 0.15) is 11.8 Å². The van der Waals surface area contributed by atoms with Crippen LogP contribution in [0.25, 0.3) is 11.2 Å². The molecule has 0 saturated heterocycles. The topological polar surface area (TPSA) is 65.3 Å². The maximum absolute atomic E-state index is 5.56. The summed E-state index contributed by atoms with van der Waals surface area (Å²) in [7, 11) is 4.03. The molecule has 0 amide bonds. The Bertz CT molecular complexity index is 946. The van der Waals surface area contributed by atoms with Crippen molar-refractivity contribution in [2.45, 2.75) is 23.0 Å². The lowest BCUT2D eigenvalue weighted by atomic mass is 10.2. The maximum Gasteiger partial charge on any atom is 0.231 e. The van der Waals surface area contributed by atoms with E-state index in [4.69, 9.17) is 14.5 Å². The predicted molar refractivity (Wildman–Crippen MR) is 105 cm³/mol. The molecule has 136 valence electrons. The summed E-state index contributed by atoms with van der Waals surface area (Å²) < 4.78 is 13.2. The second kappa shape index (κ2) is 7.32. The van der Waals surface area contributed by atoms with Gasteiger partial charge < -0.3 is 18.9 Å². The summed E-state index contributed by atoms with van der Waals surface area (Å²) in [5, 5.41) is 1.82. The van der Waals surface area contributed by atoms with Gasteiger partial charge in [-0.3, -0.25) is 0 Å². The number of rotatable bonds is 6. The number of anilines is 1. The number of hydrogen-bond donors (Lipinski definition) is 0. The molecule has 0 N–H and O–H groups in total. The van der Waals surface area contributed by atoms with Crippen LogP contribution in [0.15, 0.2) is 34.7 Å². The van der Waals surface area contributed by atoms with Crippen LogP contribution in [-0.2, 0) is 6.54 Å².